The van der Waals surface area contributed by atoms with E-state index in [-0.39, 0.29) is 0 Å². The van der Waals surface area contributed by atoms with Crippen molar-refractivity contribution >= 4 is 28.9 Å². The van der Waals surface area contributed by atoms with Crippen molar-refractivity contribution < 1.29 is 0 Å². The molecule has 0 aromatic heterocycles. The van der Waals surface area contributed by atoms with Crippen LogP contribution in [0.5, 0.6) is 0 Å². The van der Waals surface area contributed by atoms with Crippen LogP contribution in [0.4, 0.5) is 5.69 Å². The van der Waals surface area contributed by atoms with E-state index in [9.17, 15) is 0 Å². The van der Waals surface area contributed by atoms with Gasteiger partial charge in [0.15, 0.2) is 0 Å². The number of halogens is 2. The molecule has 0 saturated heterocycles. The lowest BCUT2D eigenvalue weighted by molar-refractivity contribution is 0.895. The van der Waals surface area contributed by atoms with Crippen molar-refractivity contribution in [1.29, 1.82) is 0 Å². The topological polar surface area (TPSA) is 12.0 Å². The first-order valence-corrected chi connectivity index (χ1v) is 7.10. The summed E-state index contributed by atoms with van der Waals surface area (Å²) in [5.41, 5.74) is 3.38. The molecule has 0 bridgehead atoms. The summed E-state index contributed by atoms with van der Waals surface area (Å²) < 4.78 is 0. The van der Waals surface area contributed by atoms with E-state index in [4.69, 9.17) is 23.2 Å². The Hall–Kier alpha value is -1.18. The van der Waals surface area contributed by atoms with Crippen LogP contribution in [0, 0.1) is 0 Å². The average Bonchev–Trinajstić information content (AvgIpc) is 2.35. The molecule has 0 atom stereocenters. The molecule has 2 aromatic rings. The van der Waals surface area contributed by atoms with E-state index < -0.39 is 0 Å². The average molecular weight is 294 g/mol. The fraction of sp³-hybridized carbons (Fsp3) is 0.250. The van der Waals surface area contributed by atoms with Gasteiger partial charge in [0.05, 0.1) is 0 Å². The van der Waals surface area contributed by atoms with Gasteiger partial charge >= 0.3 is 0 Å². The molecule has 0 heterocycles. The maximum Gasteiger partial charge on any atom is 0.0441 e. The van der Waals surface area contributed by atoms with Crippen LogP contribution in [-0.4, -0.2) is 6.04 Å². The van der Waals surface area contributed by atoms with Gasteiger partial charge in [-0.05, 0) is 49.2 Å². The minimum atomic E-state index is 0.381. The predicted octanol–water partition coefficient (Wildman–Crippen LogP) is 5.40. The van der Waals surface area contributed by atoms with Gasteiger partial charge in [0.1, 0.15) is 0 Å². The third-order valence-corrected chi connectivity index (χ3v) is 3.45. The van der Waals surface area contributed by atoms with Crippen molar-refractivity contribution in [2.45, 2.75) is 26.3 Å². The first kappa shape index (κ1) is 14.2. The molecule has 0 amide bonds. The summed E-state index contributed by atoms with van der Waals surface area (Å²) in [5.74, 6) is 0. The van der Waals surface area contributed by atoms with Crippen molar-refractivity contribution in [3.8, 4) is 0 Å². The van der Waals surface area contributed by atoms with Gasteiger partial charge in [-0.1, -0.05) is 41.4 Å². The summed E-state index contributed by atoms with van der Waals surface area (Å²) in [6.45, 7) is 4.24. The molecular formula is C16H17Cl2N. The highest BCUT2D eigenvalue weighted by molar-refractivity contribution is 6.31. The van der Waals surface area contributed by atoms with Crippen molar-refractivity contribution in [2.75, 3.05) is 5.32 Å². The summed E-state index contributed by atoms with van der Waals surface area (Å²) in [7, 11) is 0. The van der Waals surface area contributed by atoms with Crippen molar-refractivity contribution in [2.24, 2.45) is 0 Å². The summed E-state index contributed by atoms with van der Waals surface area (Å²) in [6, 6.07) is 14.2. The molecular weight excluding hydrogens is 277 g/mol. The summed E-state index contributed by atoms with van der Waals surface area (Å²) in [4.78, 5) is 0. The Morgan fingerprint density at radius 1 is 1.00 bits per heavy atom. The van der Waals surface area contributed by atoms with Crippen LogP contribution in [0.2, 0.25) is 10.0 Å². The van der Waals surface area contributed by atoms with Crippen LogP contribution in [0.25, 0.3) is 0 Å². The molecule has 2 rings (SSSR count). The summed E-state index contributed by atoms with van der Waals surface area (Å²) in [6.07, 6.45) is 0.773. The zero-order chi connectivity index (χ0) is 13.8. The first-order valence-electron chi connectivity index (χ1n) is 6.34. The summed E-state index contributed by atoms with van der Waals surface area (Å²) in [5, 5.41) is 4.97. The molecule has 100 valence electrons. The second-order valence-corrected chi connectivity index (χ2v) is 5.71. The standard InChI is InChI=1S/C16H17Cl2N/c1-11(2)19-16-8-7-14(17)10-13(16)9-12-5-3-4-6-15(12)18/h3-8,10-11,19H,9H2,1-2H3. The van der Waals surface area contributed by atoms with Gasteiger partial charge in [-0.3, -0.25) is 0 Å². The SMILES string of the molecule is CC(C)Nc1ccc(Cl)cc1Cc1ccccc1Cl. The van der Waals surface area contributed by atoms with Gasteiger partial charge < -0.3 is 5.32 Å². The number of hydrogen-bond donors (Lipinski definition) is 1. The van der Waals surface area contributed by atoms with Crippen LogP contribution >= 0.6 is 23.2 Å². The van der Waals surface area contributed by atoms with Gasteiger partial charge in [-0.25, -0.2) is 0 Å². The van der Waals surface area contributed by atoms with E-state index >= 15 is 0 Å². The molecule has 0 spiro atoms. The largest absolute Gasteiger partial charge is 0.383 e. The third kappa shape index (κ3) is 3.89. The van der Waals surface area contributed by atoms with Crippen LogP contribution < -0.4 is 5.32 Å². The Labute approximate surface area is 124 Å². The lowest BCUT2D eigenvalue weighted by atomic mass is 10.0. The molecule has 3 heteroatoms. The Kier molecular flexibility index (Phi) is 4.73. The van der Waals surface area contributed by atoms with Crippen molar-refractivity contribution in [3.63, 3.8) is 0 Å². The summed E-state index contributed by atoms with van der Waals surface area (Å²) >= 11 is 12.3. The Bertz CT molecular complexity index is 564. The van der Waals surface area contributed by atoms with E-state index in [1.807, 2.05) is 42.5 Å². The van der Waals surface area contributed by atoms with E-state index in [1.54, 1.807) is 0 Å². The predicted molar refractivity (Wildman–Crippen MR) is 84.5 cm³/mol. The quantitative estimate of drug-likeness (QED) is 0.795. The van der Waals surface area contributed by atoms with Gasteiger partial charge in [-0.15, -0.1) is 0 Å². The second-order valence-electron chi connectivity index (χ2n) is 4.87. The Morgan fingerprint density at radius 3 is 2.42 bits per heavy atom. The minimum absolute atomic E-state index is 0.381. The van der Waals surface area contributed by atoms with Crippen LogP contribution in [0.3, 0.4) is 0 Å². The molecule has 0 fully saturated rings. The molecule has 19 heavy (non-hydrogen) atoms. The van der Waals surface area contributed by atoms with Crippen LogP contribution in [-0.2, 0) is 6.42 Å². The molecule has 1 nitrogen and oxygen atoms in total. The monoisotopic (exact) mass is 293 g/mol. The van der Waals surface area contributed by atoms with E-state index in [2.05, 4.69) is 19.2 Å². The van der Waals surface area contributed by atoms with E-state index in [1.165, 1.54) is 0 Å². The molecule has 1 N–H and O–H groups in total. The fourth-order valence-electron chi connectivity index (χ4n) is 2.01. The van der Waals surface area contributed by atoms with Crippen LogP contribution in [0.15, 0.2) is 42.5 Å². The number of benzene rings is 2. The number of hydrogen-bond acceptors (Lipinski definition) is 1. The van der Waals surface area contributed by atoms with Crippen molar-refractivity contribution in [3.05, 3.63) is 63.6 Å². The molecule has 0 aliphatic rings. The van der Waals surface area contributed by atoms with Crippen LogP contribution in [0.1, 0.15) is 25.0 Å². The molecule has 0 unspecified atom stereocenters. The minimum Gasteiger partial charge on any atom is -0.383 e. The highest BCUT2D eigenvalue weighted by Crippen LogP contribution is 2.26. The molecule has 2 aromatic carbocycles. The maximum absolute atomic E-state index is 6.22. The molecule has 0 aliphatic carbocycles. The molecule has 0 aliphatic heterocycles. The van der Waals surface area contributed by atoms with Crippen molar-refractivity contribution in [1.82, 2.24) is 0 Å². The van der Waals surface area contributed by atoms with Gasteiger partial charge in [0.25, 0.3) is 0 Å². The maximum atomic E-state index is 6.22. The normalized spacial score (nSPS) is 10.8. The van der Waals surface area contributed by atoms with Gasteiger partial charge in [0, 0.05) is 28.2 Å². The lowest BCUT2D eigenvalue weighted by Gasteiger charge is -2.15. The third-order valence-electron chi connectivity index (χ3n) is 2.85. The first-order chi connectivity index (χ1) is 9.06. The Morgan fingerprint density at radius 2 is 1.74 bits per heavy atom. The highest BCUT2D eigenvalue weighted by Gasteiger charge is 2.08. The lowest BCUT2D eigenvalue weighted by Crippen LogP contribution is -2.11. The van der Waals surface area contributed by atoms with E-state index in [0.717, 1.165) is 33.3 Å². The molecule has 0 radical (unpaired) electrons. The smallest absolute Gasteiger partial charge is 0.0441 e. The Balaban J connectivity index is 2.33. The van der Waals surface area contributed by atoms with E-state index in [0.29, 0.717) is 6.04 Å². The zero-order valence-corrected chi connectivity index (χ0v) is 12.6. The number of anilines is 1. The zero-order valence-electron chi connectivity index (χ0n) is 11.1. The highest BCUT2D eigenvalue weighted by atomic mass is 35.5. The van der Waals surface area contributed by atoms with Gasteiger partial charge in [-0.2, -0.15) is 0 Å². The second kappa shape index (κ2) is 6.31. The fourth-order valence-corrected chi connectivity index (χ4v) is 2.40. The molecule has 0 saturated carbocycles. The van der Waals surface area contributed by atoms with Gasteiger partial charge in [0.2, 0.25) is 0 Å². The number of nitrogens with one attached hydrogen (secondary N) is 1. The number of rotatable bonds is 4.